The highest BCUT2D eigenvalue weighted by atomic mass is 16.3. The zero-order valence-corrected chi connectivity index (χ0v) is 18.2. The van der Waals surface area contributed by atoms with Crippen molar-refractivity contribution in [2.24, 2.45) is 16.8 Å². The van der Waals surface area contributed by atoms with E-state index in [2.05, 4.69) is 67.5 Å². The van der Waals surface area contributed by atoms with Crippen LogP contribution in [0.25, 0.3) is 0 Å². The molecule has 1 aromatic rings. The van der Waals surface area contributed by atoms with Crippen LogP contribution in [0.1, 0.15) is 58.9 Å². The van der Waals surface area contributed by atoms with Crippen LogP contribution in [-0.4, -0.2) is 43.3 Å². The van der Waals surface area contributed by atoms with E-state index < -0.39 is 0 Å². The number of nitrogens with one attached hydrogen (secondary N) is 2. The summed E-state index contributed by atoms with van der Waals surface area (Å²) in [5.74, 6) is 2.11. The largest absolute Gasteiger partial charge is 0.396 e. The van der Waals surface area contributed by atoms with Crippen molar-refractivity contribution in [3.05, 3.63) is 29.8 Å². The lowest BCUT2D eigenvalue weighted by Gasteiger charge is -2.32. The lowest BCUT2D eigenvalue weighted by atomic mass is 9.97. The molecule has 5 nitrogen and oxygen atoms in total. The summed E-state index contributed by atoms with van der Waals surface area (Å²) in [6.07, 6.45) is 4.54. The fourth-order valence-corrected chi connectivity index (χ4v) is 3.57. The number of piperidine rings is 1. The Balaban J connectivity index is 1.88. The second-order valence-corrected chi connectivity index (χ2v) is 8.49. The van der Waals surface area contributed by atoms with Crippen molar-refractivity contribution in [3.8, 4) is 0 Å². The summed E-state index contributed by atoms with van der Waals surface area (Å²) in [5, 5.41) is 16.2. The van der Waals surface area contributed by atoms with Gasteiger partial charge in [-0.2, -0.15) is 0 Å². The molecule has 1 aliphatic rings. The smallest absolute Gasteiger partial charge is 0.191 e. The number of guanidine groups is 1. The molecule has 0 radical (unpaired) electrons. The zero-order valence-electron chi connectivity index (χ0n) is 18.2. The minimum absolute atomic E-state index is 0.322. The van der Waals surface area contributed by atoms with Gasteiger partial charge in [0.1, 0.15) is 0 Å². The molecule has 1 saturated heterocycles. The summed E-state index contributed by atoms with van der Waals surface area (Å²) < 4.78 is 0. The van der Waals surface area contributed by atoms with E-state index in [-0.39, 0.29) is 0 Å². The van der Waals surface area contributed by atoms with E-state index in [1.165, 1.54) is 17.7 Å². The monoisotopic (exact) mass is 388 g/mol. The Bertz CT molecular complexity index is 577. The van der Waals surface area contributed by atoms with E-state index in [1.54, 1.807) is 0 Å². The number of rotatable bonds is 9. The van der Waals surface area contributed by atoms with E-state index >= 15 is 0 Å². The molecule has 28 heavy (non-hydrogen) atoms. The van der Waals surface area contributed by atoms with Gasteiger partial charge >= 0.3 is 0 Å². The minimum Gasteiger partial charge on any atom is -0.396 e. The first kappa shape index (κ1) is 22.5. The van der Waals surface area contributed by atoms with Gasteiger partial charge < -0.3 is 20.6 Å². The molecule has 0 aliphatic carbocycles. The Labute approximate surface area is 171 Å². The molecule has 1 fully saturated rings. The third-order valence-electron chi connectivity index (χ3n) is 5.50. The highest BCUT2D eigenvalue weighted by Gasteiger charge is 2.18. The molecule has 0 saturated carbocycles. The fourth-order valence-electron chi connectivity index (χ4n) is 3.57. The molecule has 1 aliphatic heterocycles. The number of aliphatic hydroxyl groups is 1. The number of benzene rings is 1. The van der Waals surface area contributed by atoms with Gasteiger partial charge in [0.25, 0.3) is 0 Å². The van der Waals surface area contributed by atoms with Crippen LogP contribution < -0.4 is 15.5 Å². The second-order valence-electron chi connectivity index (χ2n) is 8.49. The molecule has 5 heteroatoms. The van der Waals surface area contributed by atoms with Gasteiger partial charge in [-0.25, -0.2) is 4.99 Å². The lowest BCUT2D eigenvalue weighted by Crippen LogP contribution is -2.42. The van der Waals surface area contributed by atoms with Crippen LogP contribution in [-0.2, 0) is 6.54 Å². The van der Waals surface area contributed by atoms with E-state index in [4.69, 9.17) is 4.99 Å². The van der Waals surface area contributed by atoms with Crippen LogP contribution in [0, 0.1) is 11.8 Å². The van der Waals surface area contributed by atoms with Crippen LogP contribution in [0.2, 0.25) is 0 Å². The predicted octanol–water partition coefficient (Wildman–Crippen LogP) is 3.78. The second kappa shape index (κ2) is 11.9. The number of hydrogen-bond donors (Lipinski definition) is 3. The highest BCUT2D eigenvalue weighted by molar-refractivity contribution is 5.80. The summed E-state index contributed by atoms with van der Waals surface area (Å²) in [4.78, 5) is 7.18. The van der Waals surface area contributed by atoms with Crippen molar-refractivity contribution >= 4 is 11.6 Å². The van der Waals surface area contributed by atoms with Gasteiger partial charge in [0.05, 0.1) is 6.54 Å². The van der Waals surface area contributed by atoms with E-state index in [0.717, 1.165) is 50.8 Å². The normalized spacial score (nSPS) is 17.1. The van der Waals surface area contributed by atoms with Crippen LogP contribution in [0.15, 0.2) is 29.3 Å². The molecule has 0 amide bonds. The van der Waals surface area contributed by atoms with Gasteiger partial charge in [0.15, 0.2) is 5.96 Å². The summed E-state index contributed by atoms with van der Waals surface area (Å²) in [6, 6.07) is 9.20. The molecular formula is C23H40N4O. The average molecular weight is 389 g/mol. The summed E-state index contributed by atoms with van der Waals surface area (Å²) in [6.45, 7) is 12.8. The zero-order chi connectivity index (χ0) is 20.4. The van der Waals surface area contributed by atoms with Crippen LogP contribution in [0.4, 0.5) is 5.69 Å². The quantitative estimate of drug-likeness (QED) is 0.445. The molecule has 0 bridgehead atoms. The number of aliphatic hydroxyl groups excluding tert-OH is 1. The molecule has 1 aromatic carbocycles. The van der Waals surface area contributed by atoms with Crippen molar-refractivity contribution in [1.82, 2.24) is 10.6 Å². The third-order valence-corrected chi connectivity index (χ3v) is 5.50. The van der Waals surface area contributed by atoms with Crippen LogP contribution in [0.3, 0.4) is 0 Å². The summed E-state index contributed by atoms with van der Waals surface area (Å²) in [7, 11) is 0. The van der Waals surface area contributed by atoms with Crippen molar-refractivity contribution in [1.29, 1.82) is 0 Å². The minimum atomic E-state index is 0.322. The first-order valence-electron chi connectivity index (χ1n) is 11.0. The first-order valence-corrected chi connectivity index (χ1v) is 11.0. The Morgan fingerprint density at radius 2 is 1.82 bits per heavy atom. The van der Waals surface area contributed by atoms with Gasteiger partial charge in [-0.15, -0.1) is 0 Å². The summed E-state index contributed by atoms with van der Waals surface area (Å²) >= 11 is 0. The number of aliphatic imine (C=N–C) groups is 1. The van der Waals surface area contributed by atoms with Gasteiger partial charge in [-0.05, 0) is 69.1 Å². The Hall–Kier alpha value is -1.75. The van der Waals surface area contributed by atoms with Crippen LogP contribution >= 0.6 is 0 Å². The maximum atomic E-state index is 9.29. The number of hydrogen-bond acceptors (Lipinski definition) is 3. The molecule has 1 heterocycles. The standard InChI is InChI=1S/C23H40N4O/c1-5-24-23(26-19(4)7-6-18(2)3)25-16-20-8-10-22(11-9-20)27-14-12-21(17-28)13-15-27/h8-11,18-19,21,28H,5-7,12-17H2,1-4H3,(H2,24,25,26). The number of nitrogens with zero attached hydrogens (tertiary/aromatic N) is 2. The molecule has 1 atom stereocenters. The predicted molar refractivity (Wildman–Crippen MR) is 120 cm³/mol. The van der Waals surface area contributed by atoms with Crippen molar-refractivity contribution in [2.45, 2.75) is 66.0 Å². The van der Waals surface area contributed by atoms with Crippen LogP contribution in [0.5, 0.6) is 0 Å². The van der Waals surface area contributed by atoms with Gasteiger partial charge in [-0.3, -0.25) is 0 Å². The van der Waals surface area contributed by atoms with E-state index in [1.807, 2.05) is 0 Å². The maximum absolute atomic E-state index is 9.29. The molecule has 0 spiro atoms. The van der Waals surface area contributed by atoms with Gasteiger partial charge in [0.2, 0.25) is 0 Å². The molecule has 2 rings (SSSR count). The van der Waals surface area contributed by atoms with Crippen molar-refractivity contribution in [3.63, 3.8) is 0 Å². The molecule has 1 unspecified atom stereocenters. The Kier molecular flexibility index (Phi) is 9.62. The molecule has 0 aromatic heterocycles. The van der Waals surface area contributed by atoms with Crippen molar-refractivity contribution in [2.75, 3.05) is 31.1 Å². The maximum Gasteiger partial charge on any atom is 0.191 e. The van der Waals surface area contributed by atoms with Crippen molar-refractivity contribution < 1.29 is 5.11 Å². The third kappa shape index (κ3) is 7.70. The van der Waals surface area contributed by atoms with Gasteiger partial charge in [0, 0.05) is 38.0 Å². The number of anilines is 1. The first-order chi connectivity index (χ1) is 13.5. The SMILES string of the molecule is CCNC(=NCc1ccc(N2CCC(CO)CC2)cc1)NC(C)CCC(C)C. The Morgan fingerprint density at radius 1 is 1.14 bits per heavy atom. The highest BCUT2D eigenvalue weighted by Crippen LogP contribution is 2.23. The molecular weight excluding hydrogens is 348 g/mol. The Morgan fingerprint density at radius 3 is 2.39 bits per heavy atom. The fraction of sp³-hybridized carbons (Fsp3) is 0.696. The average Bonchev–Trinajstić information content (AvgIpc) is 2.71. The lowest BCUT2D eigenvalue weighted by molar-refractivity contribution is 0.203. The molecule has 158 valence electrons. The van der Waals surface area contributed by atoms with E-state index in [9.17, 15) is 5.11 Å². The van der Waals surface area contributed by atoms with E-state index in [0.29, 0.717) is 25.1 Å². The molecule has 3 N–H and O–H groups in total. The summed E-state index contributed by atoms with van der Waals surface area (Å²) in [5.41, 5.74) is 2.50. The van der Waals surface area contributed by atoms with Gasteiger partial charge in [-0.1, -0.05) is 26.0 Å². The topological polar surface area (TPSA) is 59.9 Å².